The summed E-state index contributed by atoms with van der Waals surface area (Å²) >= 11 is 3.04. The second-order valence-electron chi connectivity index (χ2n) is 3.11. The molecule has 0 aromatic carbocycles. The van der Waals surface area contributed by atoms with Crippen LogP contribution in [0.4, 0.5) is 4.39 Å². The van der Waals surface area contributed by atoms with Crippen LogP contribution >= 0.6 is 15.9 Å². The predicted molar refractivity (Wildman–Crippen MR) is 53.9 cm³/mol. The Kier molecular flexibility index (Phi) is 3.81. The Morgan fingerprint density at radius 1 is 1.54 bits per heavy atom. The van der Waals surface area contributed by atoms with Crippen molar-refractivity contribution >= 4 is 15.9 Å². The molecule has 0 bridgehead atoms. The molecule has 1 rings (SSSR count). The van der Waals surface area contributed by atoms with Gasteiger partial charge in [-0.1, -0.05) is 13.8 Å². The Hall–Kier alpha value is -0.480. The van der Waals surface area contributed by atoms with Gasteiger partial charge in [0.15, 0.2) is 5.82 Å². The fraction of sp³-hybridized carbons (Fsp3) is 0.444. The van der Waals surface area contributed by atoms with Gasteiger partial charge in [0.05, 0.1) is 5.69 Å². The van der Waals surface area contributed by atoms with Crippen LogP contribution in [-0.2, 0) is 6.54 Å². The summed E-state index contributed by atoms with van der Waals surface area (Å²) in [5.41, 5.74) is 0.835. The van der Waals surface area contributed by atoms with E-state index in [0.717, 1.165) is 5.69 Å². The Labute approximate surface area is 85.7 Å². The molecule has 13 heavy (non-hydrogen) atoms. The van der Waals surface area contributed by atoms with Gasteiger partial charge in [0.2, 0.25) is 0 Å². The zero-order chi connectivity index (χ0) is 9.84. The second-order valence-corrected chi connectivity index (χ2v) is 3.86. The summed E-state index contributed by atoms with van der Waals surface area (Å²) in [6.07, 6.45) is 0. The third-order valence-corrected chi connectivity index (χ3v) is 2.11. The van der Waals surface area contributed by atoms with Crippen LogP contribution in [0.5, 0.6) is 0 Å². The topological polar surface area (TPSA) is 24.9 Å². The molecule has 1 N–H and O–H groups in total. The van der Waals surface area contributed by atoms with Crippen molar-refractivity contribution in [2.75, 3.05) is 0 Å². The minimum Gasteiger partial charge on any atom is -0.309 e. The molecular weight excluding hydrogens is 235 g/mol. The number of halogens is 2. The highest BCUT2D eigenvalue weighted by molar-refractivity contribution is 9.10. The van der Waals surface area contributed by atoms with Crippen LogP contribution in [0.3, 0.4) is 0 Å². The molecule has 0 saturated heterocycles. The lowest BCUT2D eigenvalue weighted by Crippen LogP contribution is -2.22. The average molecular weight is 247 g/mol. The lowest BCUT2D eigenvalue weighted by Gasteiger charge is -2.07. The fourth-order valence-electron chi connectivity index (χ4n) is 0.862. The minimum absolute atomic E-state index is 0.274. The van der Waals surface area contributed by atoms with Gasteiger partial charge in [0.1, 0.15) is 4.60 Å². The molecule has 1 heterocycles. The van der Waals surface area contributed by atoms with E-state index in [1.165, 1.54) is 6.07 Å². The number of hydrogen-bond acceptors (Lipinski definition) is 2. The number of hydrogen-bond donors (Lipinski definition) is 1. The standard InChI is InChI=1S/C9H12BrFN2/c1-6(2)12-5-7-3-4-8(11)9(10)13-7/h3-4,6,12H,5H2,1-2H3. The van der Waals surface area contributed by atoms with Crippen molar-refractivity contribution in [2.24, 2.45) is 0 Å². The molecule has 0 aliphatic heterocycles. The average Bonchev–Trinajstić information content (AvgIpc) is 2.07. The molecule has 72 valence electrons. The van der Waals surface area contributed by atoms with Crippen molar-refractivity contribution in [2.45, 2.75) is 26.4 Å². The maximum Gasteiger partial charge on any atom is 0.155 e. The second kappa shape index (κ2) is 4.67. The number of nitrogens with zero attached hydrogens (tertiary/aromatic N) is 1. The maximum atomic E-state index is 12.8. The summed E-state index contributed by atoms with van der Waals surface area (Å²) in [6, 6.07) is 3.50. The number of nitrogens with one attached hydrogen (secondary N) is 1. The first-order valence-corrected chi connectivity index (χ1v) is 4.93. The summed E-state index contributed by atoms with van der Waals surface area (Å²) in [7, 11) is 0. The van der Waals surface area contributed by atoms with Gasteiger partial charge in [-0.15, -0.1) is 0 Å². The molecule has 4 heteroatoms. The number of aromatic nitrogens is 1. The van der Waals surface area contributed by atoms with Crippen LogP contribution < -0.4 is 5.32 Å². The molecule has 0 fully saturated rings. The molecule has 1 aromatic heterocycles. The summed E-state index contributed by atoms with van der Waals surface area (Å²) in [5, 5.41) is 3.20. The first kappa shape index (κ1) is 10.6. The van der Waals surface area contributed by atoms with Gasteiger partial charge in [0.25, 0.3) is 0 Å². The van der Waals surface area contributed by atoms with Crippen LogP contribution in [0.25, 0.3) is 0 Å². The van der Waals surface area contributed by atoms with Gasteiger partial charge >= 0.3 is 0 Å². The van der Waals surface area contributed by atoms with E-state index >= 15 is 0 Å². The third-order valence-electron chi connectivity index (χ3n) is 1.55. The zero-order valence-electron chi connectivity index (χ0n) is 7.64. The van der Waals surface area contributed by atoms with Gasteiger partial charge in [-0.25, -0.2) is 9.37 Å². The monoisotopic (exact) mass is 246 g/mol. The molecule has 0 unspecified atom stereocenters. The first-order chi connectivity index (χ1) is 6.09. The van der Waals surface area contributed by atoms with E-state index in [0.29, 0.717) is 12.6 Å². The van der Waals surface area contributed by atoms with Crippen molar-refractivity contribution in [3.8, 4) is 0 Å². The molecule has 0 atom stereocenters. The van der Waals surface area contributed by atoms with Crippen molar-refractivity contribution in [1.82, 2.24) is 10.3 Å². The van der Waals surface area contributed by atoms with Crippen molar-refractivity contribution in [3.05, 3.63) is 28.2 Å². The van der Waals surface area contributed by atoms with Gasteiger partial charge < -0.3 is 5.32 Å². The maximum absolute atomic E-state index is 12.8. The smallest absolute Gasteiger partial charge is 0.155 e. The Bertz CT molecular complexity index is 289. The van der Waals surface area contributed by atoms with Crippen molar-refractivity contribution in [1.29, 1.82) is 0 Å². The van der Waals surface area contributed by atoms with Crippen LogP contribution in [0.2, 0.25) is 0 Å². The minimum atomic E-state index is -0.326. The van der Waals surface area contributed by atoms with E-state index in [2.05, 4.69) is 40.1 Å². The van der Waals surface area contributed by atoms with E-state index in [4.69, 9.17) is 0 Å². The van der Waals surface area contributed by atoms with E-state index in [1.54, 1.807) is 6.07 Å². The van der Waals surface area contributed by atoms with Crippen molar-refractivity contribution < 1.29 is 4.39 Å². The molecule has 0 amide bonds. The lowest BCUT2D eigenvalue weighted by atomic mass is 10.3. The predicted octanol–water partition coefficient (Wildman–Crippen LogP) is 2.48. The summed E-state index contributed by atoms with van der Waals surface area (Å²) in [6.45, 7) is 4.77. The van der Waals surface area contributed by atoms with Gasteiger partial charge in [-0.3, -0.25) is 0 Å². The van der Waals surface area contributed by atoms with Gasteiger partial charge in [0, 0.05) is 12.6 Å². The third kappa shape index (κ3) is 3.40. The van der Waals surface area contributed by atoms with Crippen LogP contribution in [0.15, 0.2) is 16.7 Å². The fourth-order valence-corrected chi connectivity index (χ4v) is 1.22. The largest absolute Gasteiger partial charge is 0.309 e. The molecule has 0 aliphatic rings. The van der Waals surface area contributed by atoms with E-state index in [1.807, 2.05) is 0 Å². The molecule has 0 radical (unpaired) electrons. The van der Waals surface area contributed by atoms with Crippen LogP contribution in [0, 0.1) is 5.82 Å². The quantitative estimate of drug-likeness (QED) is 0.830. The molecule has 2 nitrogen and oxygen atoms in total. The molecule has 0 spiro atoms. The SMILES string of the molecule is CC(C)NCc1ccc(F)c(Br)n1. The highest BCUT2D eigenvalue weighted by Crippen LogP contribution is 2.12. The molecule has 1 aromatic rings. The Balaban J connectivity index is 2.63. The Morgan fingerprint density at radius 3 is 2.77 bits per heavy atom. The Morgan fingerprint density at radius 2 is 2.23 bits per heavy atom. The van der Waals surface area contributed by atoms with Crippen LogP contribution in [-0.4, -0.2) is 11.0 Å². The normalized spacial score (nSPS) is 10.8. The van der Waals surface area contributed by atoms with E-state index in [-0.39, 0.29) is 10.4 Å². The first-order valence-electron chi connectivity index (χ1n) is 4.14. The zero-order valence-corrected chi connectivity index (χ0v) is 9.23. The van der Waals surface area contributed by atoms with E-state index < -0.39 is 0 Å². The van der Waals surface area contributed by atoms with Gasteiger partial charge in [-0.2, -0.15) is 0 Å². The number of pyridine rings is 1. The lowest BCUT2D eigenvalue weighted by molar-refractivity contribution is 0.572. The van der Waals surface area contributed by atoms with Crippen LogP contribution in [0.1, 0.15) is 19.5 Å². The molecular formula is C9H12BrFN2. The molecule has 0 aliphatic carbocycles. The number of rotatable bonds is 3. The van der Waals surface area contributed by atoms with E-state index in [9.17, 15) is 4.39 Å². The van der Waals surface area contributed by atoms with Crippen molar-refractivity contribution in [3.63, 3.8) is 0 Å². The van der Waals surface area contributed by atoms with Gasteiger partial charge in [-0.05, 0) is 28.1 Å². The highest BCUT2D eigenvalue weighted by atomic mass is 79.9. The summed E-state index contributed by atoms with van der Waals surface area (Å²) in [5.74, 6) is -0.326. The summed E-state index contributed by atoms with van der Waals surface area (Å²) in [4.78, 5) is 4.02. The summed E-state index contributed by atoms with van der Waals surface area (Å²) < 4.78 is 13.0. The molecule has 0 saturated carbocycles. The highest BCUT2D eigenvalue weighted by Gasteiger charge is 2.02.